The van der Waals surface area contributed by atoms with E-state index in [1.165, 1.54) is 180 Å². The van der Waals surface area contributed by atoms with E-state index in [4.69, 9.17) is 33.2 Å². The lowest BCUT2D eigenvalue weighted by molar-refractivity contribution is -0.208. The van der Waals surface area contributed by atoms with Gasteiger partial charge in [-0.15, -0.1) is 0 Å². The minimum absolute atomic E-state index is 0.176. The summed E-state index contributed by atoms with van der Waals surface area (Å²) in [5, 5.41) is 0. The monoisotopic (exact) mass is 923 g/mol. The molecule has 0 aliphatic heterocycles. The van der Waals surface area contributed by atoms with Crippen LogP contribution in [0.3, 0.4) is 0 Å². The van der Waals surface area contributed by atoms with E-state index in [1.54, 1.807) is 0 Å². The van der Waals surface area contributed by atoms with E-state index in [1.807, 2.05) is 0 Å². The SMILES string of the molecule is CCCCCCCCCOC(C=CCCC(OCCCCCCC)OCCCCCCC)OC(C=CCCC(OCCCCCCC)OCCCCCCC)OCCCCCCCCC. The number of hydrogen-bond donors (Lipinski definition) is 0. The second kappa shape index (κ2) is 55.8. The molecule has 0 aliphatic rings. The van der Waals surface area contributed by atoms with E-state index >= 15 is 0 Å². The summed E-state index contributed by atoms with van der Waals surface area (Å²) >= 11 is 0. The van der Waals surface area contributed by atoms with Gasteiger partial charge in [0, 0.05) is 39.3 Å². The lowest BCUT2D eigenvalue weighted by atomic mass is 10.1. The van der Waals surface area contributed by atoms with Crippen LogP contribution in [0.2, 0.25) is 0 Å². The fourth-order valence-corrected chi connectivity index (χ4v) is 7.92. The van der Waals surface area contributed by atoms with E-state index in [-0.39, 0.29) is 12.6 Å². The van der Waals surface area contributed by atoms with Gasteiger partial charge in [0.2, 0.25) is 0 Å². The van der Waals surface area contributed by atoms with Gasteiger partial charge in [0.05, 0.1) is 13.2 Å². The first-order chi connectivity index (χ1) is 32.1. The smallest absolute Gasteiger partial charge is 0.180 e. The first-order valence-corrected chi connectivity index (χ1v) is 28.8. The van der Waals surface area contributed by atoms with Crippen molar-refractivity contribution in [2.24, 2.45) is 0 Å². The molecule has 0 spiro atoms. The van der Waals surface area contributed by atoms with E-state index in [9.17, 15) is 0 Å². The highest BCUT2D eigenvalue weighted by Crippen LogP contribution is 2.17. The van der Waals surface area contributed by atoms with Crippen LogP contribution >= 0.6 is 0 Å². The molecule has 0 radical (unpaired) electrons. The summed E-state index contributed by atoms with van der Waals surface area (Å²) in [5.41, 5.74) is 0. The summed E-state index contributed by atoms with van der Waals surface area (Å²) in [6.45, 7) is 18.0. The van der Waals surface area contributed by atoms with E-state index < -0.39 is 12.6 Å². The van der Waals surface area contributed by atoms with Crippen LogP contribution in [0.15, 0.2) is 24.3 Å². The molecule has 65 heavy (non-hydrogen) atoms. The molecule has 0 amide bonds. The topological polar surface area (TPSA) is 64.6 Å². The number of ether oxygens (including phenoxy) is 7. The van der Waals surface area contributed by atoms with Gasteiger partial charge in [0.15, 0.2) is 25.2 Å². The first-order valence-electron chi connectivity index (χ1n) is 28.8. The molecule has 0 N–H and O–H groups in total. The van der Waals surface area contributed by atoms with E-state index in [0.29, 0.717) is 13.2 Å². The molecule has 388 valence electrons. The summed E-state index contributed by atoms with van der Waals surface area (Å²) in [4.78, 5) is 0. The number of unbranched alkanes of at least 4 members (excludes halogenated alkanes) is 28. The van der Waals surface area contributed by atoms with Gasteiger partial charge in [-0.3, -0.25) is 0 Å². The molecule has 0 aromatic heterocycles. The summed E-state index contributed by atoms with van der Waals surface area (Å²) < 4.78 is 45.0. The van der Waals surface area contributed by atoms with E-state index in [0.717, 1.165) is 90.6 Å². The zero-order chi connectivity index (χ0) is 47.2. The van der Waals surface area contributed by atoms with Crippen LogP contribution < -0.4 is 0 Å². The van der Waals surface area contributed by atoms with Gasteiger partial charge >= 0.3 is 0 Å². The maximum absolute atomic E-state index is 6.69. The largest absolute Gasteiger partial charge is 0.353 e. The molecule has 0 fully saturated rings. The van der Waals surface area contributed by atoms with Crippen LogP contribution in [-0.2, 0) is 33.2 Å². The third kappa shape index (κ3) is 49.4. The van der Waals surface area contributed by atoms with Gasteiger partial charge in [-0.25, -0.2) is 0 Å². The molecule has 0 rings (SSSR count). The van der Waals surface area contributed by atoms with Crippen molar-refractivity contribution in [2.45, 2.75) is 311 Å². The van der Waals surface area contributed by atoms with Crippen LogP contribution in [0.1, 0.15) is 286 Å². The molecule has 0 bridgehead atoms. The lowest BCUT2D eigenvalue weighted by Gasteiger charge is -2.22. The van der Waals surface area contributed by atoms with Crippen molar-refractivity contribution in [3.63, 3.8) is 0 Å². The molecule has 2 atom stereocenters. The Morgan fingerprint density at radius 3 is 0.723 bits per heavy atom. The van der Waals surface area contributed by atoms with Crippen LogP contribution in [0.4, 0.5) is 0 Å². The number of hydrogen-bond acceptors (Lipinski definition) is 7. The maximum atomic E-state index is 6.69. The fraction of sp³-hybridized carbons (Fsp3) is 0.931. The molecule has 0 saturated carbocycles. The van der Waals surface area contributed by atoms with Gasteiger partial charge < -0.3 is 33.2 Å². The molecule has 0 saturated heterocycles. The summed E-state index contributed by atoms with van der Waals surface area (Å²) in [6, 6.07) is 0. The molecule has 7 heteroatoms. The molecular weight excluding hydrogens is 809 g/mol. The van der Waals surface area contributed by atoms with Crippen LogP contribution in [0.5, 0.6) is 0 Å². The van der Waals surface area contributed by atoms with Gasteiger partial charge in [-0.05, 0) is 63.5 Å². The van der Waals surface area contributed by atoms with Crippen LogP contribution in [-0.4, -0.2) is 64.8 Å². The lowest BCUT2D eigenvalue weighted by Crippen LogP contribution is -2.25. The molecular formula is C58H114O7. The second-order valence-corrected chi connectivity index (χ2v) is 18.9. The van der Waals surface area contributed by atoms with Crippen molar-refractivity contribution in [2.75, 3.05) is 39.6 Å². The van der Waals surface area contributed by atoms with Crippen molar-refractivity contribution < 1.29 is 33.2 Å². The molecule has 0 aromatic carbocycles. The van der Waals surface area contributed by atoms with Gasteiger partial charge in [-0.1, -0.05) is 233 Å². The van der Waals surface area contributed by atoms with Crippen LogP contribution in [0, 0.1) is 0 Å². The first kappa shape index (κ1) is 64.2. The Morgan fingerprint density at radius 2 is 0.477 bits per heavy atom. The van der Waals surface area contributed by atoms with Gasteiger partial charge in [0.25, 0.3) is 0 Å². The zero-order valence-corrected chi connectivity index (χ0v) is 44.6. The minimum atomic E-state index is -0.490. The molecule has 0 heterocycles. The zero-order valence-electron chi connectivity index (χ0n) is 44.6. The number of rotatable bonds is 56. The highest BCUT2D eigenvalue weighted by molar-refractivity contribution is 4.90. The quantitative estimate of drug-likeness (QED) is 0.0342. The highest BCUT2D eigenvalue weighted by atomic mass is 16.8. The Labute approximate surface area is 406 Å². The fourth-order valence-electron chi connectivity index (χ4n) is 7.92. The Morgan fingerprint density at radius 1 is 0.262 bits per heavy atom. The Balaban J connectivity index is 5.79. The molecule has 2 unspecified atom stereocenters. The van der Waals surface area contributed by atoms with Crippen molar-refractivity contribution in [1.82, 2.24) is 0 Å². The van der Waals surface area contributed by atoms with Crippen molar-refractivity contribution in [3.8, 4) is 0 Å². The Kier molecular flexibility index (Phi) is 55.1. The normalized spacial score (nSPS) is 13.2. The predicted molar refractivity (Wildman–Crippen MR) is 280 cm³/mol. The van der Waals surface area contributed by atoms with Crippen molar-refractivity contribution in [1.29, 1.82) is 0 Å². The van der Waals surface area contributed by atoms with Crippen LogP contribution in [0.25, 0.3) is 0 Å². The Hall–Kier alpha value is -0.800. The third-order valence-electron chi connectivity index (χ3n) is 12.3. The standard InChI is InChI=1S/C58H114O7/c1-7-13-19-25-27-33-43-53-63-57(47-37-35-45-55(59-49-39-29-21-15-9-3)60-50-40-30-22-16-10-4)65-58(64-54-44-34-28-26-20-14-8-2)48-38-36-46-56(61-51-41-31-23-17-11-5)62-52-42-32-24-18-12-6/h37-38,47-48,55-58H,7-36,39-46,49-54H2,1-6H3. The highest BCUT2D eigenvalue weighted by Gasteiger charge is 2.16. The molecule has 7 nitrogen and oxygen atoms in total. The van der Waals surface area contributed by atoms with Crippen molar-refractivity contribution >= 4 is 0 Å². The maximum Gasteiger partial charge on any atom is 0.180 e. The van der Waals surface area contributed by atoms with E-state index in [2.05, 4.69) is 65.8 Å². The third-order valence-corrected chi connectivity index (χ3v) is 12.3. The second-order valence-electron chi connectivity index (χ2n) is 18.9. The van der Waals surface area contributed by atoms with Gasteiger partial charge in [-0.2, -0.15) is 0 Å². The molecule has 0 aromatic rings. The van der Waals surface area contributed by atoms with Gasteiger partial charge in [0.1, 0.15) is 0 Å². The van der Waals surface area contributed by atoms with Crippen molar-refractivity contribution in [3.05, 3.63) is 24.3 Å². The predicted octanol–water partition coefficient (Wildman–Crippen LogP) is 18.5. The Bertz CT molecular complexity index is 824. The summed E-state index contributed by atoms with van der Waals surface area (Å²) in [7, 11) is 0. The average Bonchev–Trinajstić information content (AvgIpc) is 3.31. The average molecular weight is 924 g/mol. The summed E-state index contributed by atoms with van der Waals surface area (Å²) in [5.74, 6) is 0. The number of allylic oxidation sites excluding steroid dienone is 2. The summed E-state index contributed by atoms with van der Waals surface area (Å²) in [6.07, 6.45) is 52.8. The molecule has 0 aliphatic carbocycles. The minimum Gasteiger partial charge on any atom is -0.353 e.